The van der Waals surface area contributed by atoms with Crippen LogP contribution in [0.1, 0.15) is 40.0 Å². The molecule has 2 aliphatic rings. The number of hydrogen-bond acceptors (Lipinski definition) is 4. The van der Waals surface area contributed by atoms with Gasteiger partial charge < -0.3 is 19.8 Å². The highest BCUT2D eigenvalue weighted by Gasteiger charge is 2.64. The van der Waals surface area contributed by atoms with Crippen molar-refractivity contribution < 1.29 is 28.5 Å². The van der Waals surface area contributed by atoms with Crippen LogP contribution in [0, 0.1) is 5.41 Å². The second kappa shape index (κ2) is 4.78. The Hall–Kier alpha value is -0.950. The number of β-amino-alcohol motifs (C(OH)–C–C–N with tert-alkyl or cyclic N) is 1. The van der Waals surface area contributed by atoms with Crippen LogP contribution in [0.5, 0.6) is 0 Å². The van der Waals surface area contributed by atoms with Crippen molar-refractivity contribution in [1.82, 2.24) is 4.90 Å². The van der Waals surface area contributed by atoms with Crippen LogP contribution in [-0.2, 0) is 4.74 Å². The Morgan fingerprint density at radius 1 is 1.29 bits per heavy atom. The summed E-state index contributed by atoms with van der Waals surface area (Å²) < 4.78 is 32.1. The first-order chi connectivity index (χ1) is 9.42. The number of carbonyl (C=O) groups is 1. The number of ether oxygens (including phenoxy) is 1. The second-order valence-corrected chi connectivity index (χ2v) is 7.34. The molecule has 0 radical (unpaired) electrons. The molecule has 1 saturated heterocycles. The van der Waals surface area contributed by atoms with Gasteiger partial charge in [0.1, 0.15) is 11.2 Å². The molecule has 0 spiro atoms. The number of hydrogen-bond donors (Lipinski definition) is 2. The smallest absolute Gasteiger partial charge is 0.410 e. The Morgan fingerprint density at radius 2 is 1.86 bits per heavy atom. The van der Waals surface area contributed by atoms with Crippen molar-refractivity contribution in [3.8, 4) is 0 Å². The third-order valence-corrected chi connectivity index (χ3v) is 4.41. The molecule has 1 heterocycles. The molecule has 21 heavy (non-hydrogen) atoms. The van der Waals surface area contributed by atoms with Gasteiger partial charge in [0.25, 0.3) is 0 Å². The number of alkyl halides is 2. The Morgan fingerprint density at radius 3 is 2.24 bits per heavy atom. The van der Waals surface area contributed by atoms with Crippen molar-refractivity contribution in [1.29, 1.82) is 0 Å². The van der Waals surface area contributed by atoms with E-state index in [0.717, 1.165) is 0 Å². The van der Waals surface area contributed by atoms with Crippen LogP contribution in [0.3, 0.4) is 0 Å². The molecular weight excluding hydrogens is 284 g/mol. The normalized spacial score (nSPS) is 30.9. The Bertz CT molecular complexity index is 429. The lowest BCUT2D eigenvalue weighted by atomic mass is 9.66. The SMILES string of the molecule is CC(C)(C)OC(=O)N1CC(O)(C2(CO)CCC(F)(F)C2)C1. The zero-order valence-corrected chi connectivity index (χ0v) is 12.7. The van der Waals surface area contributed by atoms with Gasteiger partial charge in [-0.3, -0.25) is 0 Å². The first-order valence-electron chi connectivity index (χ1n) is 7.11. The average molecular weight is 307 g/mol. The fourth-order valence-electron chi connectivity index (χ4n) is 3.15. The van der Waals surface area contributed by atoms with E-state index in [2.05, 4.69) is 0 Å². The van der Waals surface area contributed by atoms with Crippen molar-refractivity contribution in [3.63, 3.8) is 0 Å². The Labute approximate surface area is 122 Å². The van der Waals surface area contributed by atoms with E-state index < -0.39 is 41.7 Å². The molecule has 2 rings (SSSR count). The summed E-state index contributed by atoms with van der Waals surface area (Å²) in [5.41, 5.74) is -3.37. The van der Waals surface area contributed by atoms with Gasteiger partial charge in [-0.05, 0) is 27.2 Å². The van der Waals surface area contributed by atoms with Crippen molar-refractivity contribution in [2.45, 2.75) is 57.2 Å². The molecule has 0 aromatic rings. The van der Waals surface area contributed by atoms with Crippen LogP contribution >= 0.6 is 0 Å². The lowest BCUT2D eigenvalue weighted by molar-refractivity contribution is -0.192. The summed E-state index contributed by atoms with van der Waals surface area (Å²) in [6.45, 7) is 4.50. The molecule has 1 unspecified atom stereocenters. The summed E-state index contributed by atoms with van der Waals surface area (Å²) in [6, 6.07) is 0. The number of amides is 1. The van der Waals surface area contributed by atoms with Crippen molar-refractivity contribution in [3.05, 3.63) is 0 Å². The molecule has 7 heteroatoms. The van der Waals surface area contributed by atoms with Gasteiger partial charge in [-0.1, -0.05) is 0 Å². The van der Waals surface area contributed by atoms with E-state index >= 15 is 0 Å². The maximum absolute atomic E-state index is 13.5. The van der Waals surface area contributed by atoms with Gasteiger partial charge in [-0.25, -0.2) is 13.6 Å². The predicted octanol–water partition coefficient (Wildman–Crippen LogP) is 1.77. The molecule has 1 aliphatic heterocycles. The highest BCUT2D eigenvalue weighted by atomic mass is 19.3. The van der Waals surface area contributed by atoms with Gasteiger partial charge in [0.2, 0.25) is 5.92 Å². The quantitative estimate of drug-likeness (QED) is 0.815. The van der Waals surface area contributed by atoms with Gasteiger partial charge in [-0.2, -0.15) is 0 Å². The van der Waals surface area contributed by atoms with Crippen LogP contribution < -0.4 is 0 Å². The van der Waals surface area contributed by atoms with Crippen molar-refractivity contribution in [2.24, 2.45) is 5.41 Å². The van der Waals surface area contributed by atoms with Crippen LogP contribution in [0.25, 0.3) is 0 Å². The minimum atomic E-state index is -2.87. The van der Waals surface area contributed by atoms with Gasteiger partial charge in [-0.15, -0.1) is 0 Å². The zero-order chi connectivity index (χ0) is 16.1. The topological polar surface area (TPSA) is 70.0 Å². The molecule has 1 saturated carbocycles. The summed E-state index contributed by atoms with van der Waals surface area (Å²) in [5, 5.41) is 20.1. The summed E-state index contributed by atoms with van der Waals surface area (Å²) in [6.07, 6.45) is -1.42. The van der Waals surface area contributed by atoms with Gasteiger partial charge >= 0.3 is 6.09 Å². The monoisotopic (exact) mass is 307 g/mol. The molecular formula is C14H23F2NO4. The third kappa shape index (κ3) is 2.99. The largest absolute Gasteiger partial charge is 0.444 e. The second-order valence-electron chi connectivity index (χ2n) is 7.34. The van der Waals surface area contributed by atoms with E-state index in [4.69, 9.17) is 4.74 Å². The van der Waals surface area contributed by atoms with E-state index in [-0.39, 0.29) is 25.9 Å². The van der Waals surface area contributed by atoms with E-state index in [1.54, 1.807) is 20.8 Å². The number of likely N-dealkylation sites (tertiary alicyclic amines) is 1. The first kappa shape index (κ1) is 16.4. The fraction of sp³-hybridized carbons (Fsp3) is 0.929. The highest BCUT2D eigenvalue weighted by molar-refractivity contribution is 5.69. The summed E-state index contributed by atoms with van der Waals surface area (Å²) in [5.74, 6) is -2.87. The van der Waals surface area contributed by atoms with Gasteiger partial charge in [0.15, 0.2) is 0 Å². The maximum atomic E-state index is 13.5. The predicted molar refractivity (Wildman–Crippen MR) is 71.1 cm³/mol. The summed E-state index contributed by atoms with van der Waals surface area (Å²) >= 11 is 0. The number of rotatable bonds is 2. The standard InChI is InChI=1S/C14H23F2NO4/c1-11(2,3)21-10(19)17-7-13(20,8-17)12(9-18)4-5-14(15,16)6-12/h18,20H,4-9H2,1-3H3. The molecule has 1 amide bonds. The molecule has 1 atom stereocenters. The van der Waals surface area contributed by atoms with Crippen LogP contribution in [0.2, 0.25) is 0 Å². The minimum absolute atomic E-state index is 0.0508. The van der Waals surface area contributed by atoms with Crippen molar-refractivity contribution >= 4 is 6.09 Å². The lowest BCUT2D eigenvalue weighted by Gasteiger charge is -2.55. The molecule has 5 nitrogen and oxygen atoms in total. The van der Waals surface area contributed by atoms with Crippen LogP contribution in [0.15, 0.2) is 0 Å². The lowest BCUT2D eigenvalue weighted by Crippen LogP contribution is -2.71. The Balaban J connectivity index is 2.02. The molecule has 2 N–H and O–H groups in total. The van der Waals surface area contributed by atoms with Gasteiger partial charge in [0, 0.05) is 18.3 Å². The molecule has 0 aromatic carbocycles. The zero-order valence-electron chi connectivity index (χ0n) is 12.7. The summed E-state index contributed by atoms with van der Waals surface area (Å²) in [7, 11) is 0. The minimum Gasteiger partial charge on any atom is -0.444 e. The van der Waals surface area contributed by atoms with Crippen LogP contribution in [0.4, 0.5) is 13.6 Å². The maximum Gasteiger partial charge on any atom is 0.410 e. The van der Waals surface area contributed by atoms with Crippen molar-refractivity contribution in [2.75, 3.05) is 19.7 Å². The molecule has 2 fully saturated rings. The number of aliphatic hydroxyl groups excluding tert-OH is 1. The van der Waals surface area contributed by atoms with E-state index in [1.807, 2.05) is 0 Å². The van der Waals surface area contributed by atoms with Crippen LogP contribution in [-0.4, -0.2) is 58.0 Å². The van der Waals surface area contributed by atoms with E-state index in [0.29, 0.717) is 0 Å². The highest BCUT2D eigenvalue weighted by Crippen LogP contribution is 2.55. The molecule has 122 valence electrons. The number of nitrogens with zero attached hydrogens (tertiary/aromatic N) is 1. The first-order valence-corrected chi connectivity index (χ1v) is 7.11. The third-order valence-electron chi connectivity index (χ3n) is 4.41. The number of carbonyl (C=O) groups excluding carboxylic acids is 1. The summed E-state index contributed by atoms with van der Waals surface area (Å²) in [4.78, 5) is 13.1. The number of aliphatic hydroxyl groups is 2. The molecule has 0 aromatic heterocycles. The number of halogens is 2. The molecule has 1 aliphatic carbocycles. The Kier molecular flexibility index (Phi) is 3.73. The fourth-order valence-corrected chi connectivity index (χ4v) is 3.15. The average Bonchev–Trinajstić information content (AvgIpc) is 2.60. The molecule has 0 bridgehead atoms. The van der Waals surface area contributed by atoms with Gasteiger partial charge in [0.05, 0.1) is 19.7 Å². The van der Waals surface area contributed by atoms with E-state index in [1.165, 1.54) is 4.90 Å². The van der Waals surface area contributed by atoms with E-state index in [9.17, 15) is 23.8 Å².